The molecule has 1 aliphatic heterocycles. The van der Waals surface area contributed by atoms with Crippen LogP contribution < -0.4 is 5.32 Å². The van der Waals surface area contributed by atoms with E-state index in [9.17, 15) is 4.79 Å². The summed E-state index contributed by atoms with van der Waals surface area (Å²) >= 11 is 0. The molecular weight excluding hydrogens is 510 g/mol. The van der Waals surface area contributed by atoms with E-state index in [2.05, 4.69) is 52.2 Å². The monoisotopic (exact) mass is 550 g/mol. The van der Waals surface area contributed by atoms with Crippen molar-refractivity contribution in [1.82, 2.24) is 20.2 Å². The number of aromatic nitrogens is 2. The number of carbonyl (C=O) groups is 1. The van der Waals surface area contributed by atoms with Gasteiger partial charge in [0.05, 0.1) is 36.0 Å². The molecule has 1 amide bonds. The predicted molar refractivity (Wildman–Crippen MR) is 153 cm³/mol. The van der Waals surface area contributed by atoms with Crippen LogP contribution in [0.4, 0.5) is 8.78 Å². The first-order valence-electron chi connectivity index (χ1n) is 14.9. The lowest BCUT2D eigenvalue weighted by molar-refractivity contribution is -0.157. The number of hydrogen-bond donors (Lipinski definition) is 2. The number of amides is 1. The van der Waals surface area contributed by atoms with E-state index in [1.807, 2.05) is 18.2 Å². The first kappa shape index (κ1) is 27.3. The molecule has 6 rings (SSSR count). The lowest BCUT2D eigenvalue weighted by Crippen LogP contribution is -2.58. The number of H-pyrrole nitrogens is 1. The highest BCUT2D eigenvalue weighted by molar-refractivity contribution is 5.85. The van der Waals surface area contributed by atoms with Gasteiger partial charge in [-0.2, -0.15) is 0 Å². The fourth-order valence-electron chi connectivity index (χ4n) is 6.63. The van der Waals surface area contributed by atoms with Gasteiger partial charge in [-0.15, -0.1) is 0 Å². The number of benzene rings is 2. The highest BCUT2D eigenvalue weighted by atomic mass is 19.3. The van der Waals surface area contributed by atoms with Crippen LogP contribution in [0.2, 0.25) is 0 Å². The molecule has 2 heterocycles. The summed E-state index contributed by atoms with van der Waals surface area (Å²) in [5.74, 6) is -2.96. The van der Waals surface area contributed by atoms with Crippen molar-refractivity contribution in [2.75, 3.05) is 13.1 Å². The second kappa shape index (κ2) is 11.2. The van der Waals surface area contributed by atoms with Crippen LogP contribution in [-0.4, -0.2) is 64.1 Å². The summed E-state index contributed by atoms with van der Waals surface area (Å²) in [4.78, 5) is 23.3. The summed E-state index contributed by atoms with van der Waals surface area (Å²) in [6.45, 7) is 6.18. The van der Waals surface area contributed by atoms with E-state index >= 15 is 8.78 Å². The molecule has 3 aromatic rings. The van der Waals surface area contributed by atoms with Crippen molar-refractivity contribution in [3.63, 3.8) is 0 Å². The first-order valence-corrected chi connectivity index (χ1v) is 14.9. The minimum atomic E-state index is -2.99. The van der Waals surface area contributed by atoms with Crippen molar-refractivity contribution < 1.29 is 18.3 Å². The molecule has 1 saturated heterocycles. The number of nitrogens with one attached hydrogen (secondary N) is 2. The molecule has 2 aromatic carbocycles. The van der Waals surface area contributed by atoms with Gasteiger partial charge < -0.3 is 19.9 Å². The molecule has 2 saturated carbocycles. The van der Waals surface area contributed by atoms with Crippen LogP contribution in [-0.2, 0) is 16.0 Å². The maximum Gasteiger partial charge on any atom is 0.270 e. The van der Waals surface area contributed by atoms with Gasteiger partial charge in [-0.3, -0.25) is 4.79 Å². The standard InChI is InChI=1S/C32H40F2N4O2/c1-20(2)38-15-12-24(13-16-38)40-28-7-4-14-32(33,34)31(28)37-29(39)18-23-5-3-6-25(30(23)21-8-9-21)22-10-11-26-27(17-22)36-19-35-26/h3,5-6,10-11,17,19-21,24,28,31H,4,7-9,12-16,18H2,1-2H3,(H,35,36)(H,37,39)/t28-,31+/m0/s1. The number of piperidine rings is 1. The summed E-state index contributed by atoms with van der Waals surface area (Å²) in [6.07, 6.45) is 5.61. The van der Waals surface area contributed by atoms with Crippen LogP contribution in [0.25, 0.3) is 22.2 Å². The zero-order valence-electron chi connectivity index (χ0n) is 23.5. The van der Waals surface area contributed by atoms with Crippen molar-refractivity contribution in [3.05, 3.63) is 53.9 Å². The van der Waals surface area contributed by atoms with E-state index in [0.29, 0.717) is 24.8 Å². The number of aromatic amines is 1. The van der Waals surface area contributed by atoms with Crippen LogP contribution >= 0.6 is 0 Å². The van der Waals surface area contributed by atoms with Crippen LogP contribution in [0.15, 0.2) is 42.7 Å². The van der Waals surface area contributed by atoms with E-state index in [1.165, 1.54) is 0 Å². The number of hydrogen-bond acceptors (Lipinski definition) is 4. The molecular formula is C32H40F2N4O2. The third-order valence-corrected chi connectivity index (χ3v) is 8.98. The van der Waals surface area contributed by atoms with Gasteiger partial charge in [-0.25, -0.2) is 13.8 Å². The molecule has 2 aliphatic carbocycles. The molecule has 214 valence electrons. The zero-order valence-corrected chi connectivity index (χ0v) is 23.5. The molecule has 0 bridgehead atoms. The van der Waals surface area contributed by atoms with Gasteiger partial charge in [0.15, 0.2) is 0 Å². The number of imidazole rings is 1. The highest BCUT2D eigenvalue weighted by Crippen LogP contribution is 2.46. The molecule has 0 unspecified atom stereocenters. The third-order valence-electron chi connectivity index (χ3n) is 8.98. The molecule has 2 N–H and O–H groups in total. The Morgan fingerprint density at radius 3 is 2.70 bits per heavy atom. The topological polar surface area (TPSA) is 70.2 Å². The minimum Gasteiger partial charge on any atom is -0.373 e. The lowest BCUT2D eigenvalue weighted by Gasteiger charge is -2.42. The number of likely N-dealkylation sites (tertiary alicyclic amines) is 1. The van der Waals surface area contributed by atoms with Crippen molar-refractivity contribution in [2.45, 2.75) is 101 Å². The molecule has 3 aliphatic rings. The Morgan fingerprint density at radius 1 is 1.15 bits per heavy atom. The fourth-order valence-corrected chi connectivity index (χ4v) is 6.63. The quantitative estimate of drug-likeness (QED) is 0.350. The van der Waals surface area contributed by atoms with Crippen molar-refractivity contribution in [1.29, 1.82) is 0 Å². The van der Waals surface area contributed by atoms with Gasteiger partial charge in [0.25, 0.3) is 5.92 Å². The van der Waals surface area contributed by atoms with Gasteiger partial charge in [0.2, 0.25) is 5.91 Å². The summed E-state index contributed by atoms with van der Waals surface area (Å²) in [6, 6.07) is 11.3. The molecule has 3 fully saturated rings. The Kier molecular flexibility index (Phi) is 7.66. The van der Waals surface area contributed by atoms with Gasteiger partial charge in [-0.1, -0.05) is 24.3 Å². The zero-order chi connectivity index (χ0) is 27.9. The first-order chi connectivity index (χ1) is 19.3. The molecule has 2 atom stereocenters. The number of halogens is 2. The van der Waals surface area contributed by atoms with E-state index in [4.69, 9.17) is 4.74 Å². The Hall–Kier alpha value is -2.84. The lowest BCUT2D eigenvalue weighted by atomic mass is 9.87. The second-order valence-electron chi connectivity index (χ2n) is 12.2. The molecule has 0 radical (unpaired) electrons. The SMILES string of the molecule is CC(C)N1CCC(O[C@H]2CCCC(F)(F)[C@@H]2NC(=O)Cc2cccc(-c3ccc4nc[nH]c4c3)c2C2CC2)CC1. The van der Waals surface area contributed by atoms with Gasteiger partial charge in [-0.05, 0) is 92.7 Å². The number of ether oxygens (including phenoxy) is 1. The molecule has 40 heavy (non-hydrogen) atoms. The average molecular weight is 551 g/mol. The van der Waals surface area contributed by atoms with E-state index < -0.39 is 18.1 Å². The van der Waals surface area contributed by atoms with Crippen molar-refractivity contribution in [2.24, 2.45) is 0 Å². The number of rotatable bonds is 8. The molecule has 6 nitrogen and oxygen atoms in total. The maximum atomic E-state index is 15.2. The minimum absolute atomic E-state index is 0.0429. The summed E-state index contributed by atoms with van der Waals surface area (Å²) < 4.78 is 36.8. The van der Waals surface area contributed by atoms with E-state index in [1.54, 1.807) is 6.33 Å². The number of alkyl halides is 2. The number of carbonyl (C=O) groups excluding carboxylic acids is 1. The average Bonchev–Trinajstić information content (AvgIpc) is 3.66. The molecule has 0 spiro atoms. The predicted octanol–water partition coefficient (Wildman–Crippen LogP) is 6.21. The van der Waals surface area contributed by atoms with Crippen LogP contribution in [0.1, 0.15) is 75.8 Å². The Labute approximate surface area is 234 Å². The summed E-state index contributed by atoms with van der Waals surface area (Å²) in [7, 11) is 0. The Balaban J connectivity index is 1.18. The number of fused-ring (bicyclic) bond motifs is 1. The third kappa shape index (κ3) is 5.79. The van der Waals surface area contributed by atoms with Crippen LogP contribution in [0.5, 0.6) is 0 Å². The largest absolute Gasteiger partial charge is 0.373 e. The smallest absolute Gasteiger partial charge is 0.270 e. The van der Waals surface area contributed by atoms with Gasteiger partial charge in [0, 0.05) is 25.6 Å². The summed E-state index contributed by atoms with van der Waals surface area (Å²) in [5, 5.41) is 2.75. The highest BCUT2D eigenvalue weighted by Gasteiger charge is 2.49. The van der Waals surface area contributed by atoms with Gasteiger partial charge in [0.1, 0.15) is 6.04 Å². The molecule has 8 heteroatoms. The van der Waals surface area contributed by atoms with Gasteiger partial charge >= 0.3 is 0 Å². The summed E-state index contributed by atoms with van der Waals surface area (Å²) in [5.41, 5.74) is 6.11. The normalized spacial score (nSPS) is 24.0. The maximum absolute atomic E-state index is 15.2. The second-order valence-corrected chi connectivity index (χ2v) is 12.2. The number of nitrogens with zero attached hydrogens (tertiary/aromatic N) is 2. The molecule has 1 aromatic heterocycles. The Bertz CT molecular complexity index is 1340. The van der Waals surface area contributed by atoms with Crippen LogP contribution in [0, 0.1) is 0 Å². The van der Waals surface area contributed by atoms with Crippen molar-refractivity contribution >= 4 is 16.9 Å². The van der Waals surface area contributed by atoms with Crippen molar-refractivity contribution in [3.8, 4) is 11.1 Å². The van der Waals surface area contributed by atoms with Crippen LogP contribution in [0.3, 0.4) is 0 Å². The Morgan fingerprint density at radius 2 is 1.95 bits per heavy atom. The fraction of sp³-hybridized carbons (Fsp3) is 0.562. The van der Waals surface area contributed by atoms with E-state index in [-0.39, 0.29) is 24.9 Å². The van der Waals surface area contributed by atoms with E-state index in [0.717, 1.165) is 72.1 Å².